The van der Waals surface area contributed by atoms with Gasteiger partial charge in [-0.2, -0.15) is 8.78 Å². The lowest BCUT2D eigenvalue weighted by atomic mass is 10.3. The summed E-state index contributed by atoms with van der Waals surface area (Å²) in [4.78, 5) is 9.84. The van der Waals surface area contributed by atoms with Gasteiger partial charge >= 0.3 is 6.11 Å². The normalized spacial score (nSPS) is 7.82. The minimum Gasteiger partial charge on any atom is -0.541 e. The van der Waals surface area contributed by atoms with Crippen molar-refractivity contribution in [1.82, 2.24) is 0 Å². The summed E-state index contributed by atoms with van der Waals surface area (Å²) in [6.45, 7) is 12.2. The van der Waals surface area contributed by atoms with E-state index >= 15 is 0 Å². The molecular formula is C17H32F2O3. The number of carboxylic acids is 1. The fraction of sp³-hybridized carbons (Fsp3) is 0.529. The fourth-order valence-electron chi connectivity index (χ4n) is 0.678. The molecule has 0 amide bonds. The van der Waals surface area contributed by atoms with Crippen molar-refractivity contribution >= 4 is 5.97 Å². The summed E-state index contributed by atoms with van der Waals surface area (Å²) >= 11 is 0. The lowest BCUT2D eigenvalue weighted by molar-refractivity contribution is -0.350. The third-order valence-corrected chi connectivity index (χ3v) is 1.23. The number of carbonyl (C=O) groups is 1. The second-order valence-electron chi connectivity index (χ2n) is 2.93. The minimum atomic E-state index is -4.29. The number of alkyl halides is 2. The number of aliphatic carboxylic acids is 1. The van der Waals surface area contributed by atoms with E-state index in [1.807, 2.05) is 27.7 Å². The Bertz CT molecular complexity index is 315. The minimum absolute atomic E-state index is 0. The van der Waals surface area contributed by atoms with E-state index in [1.54, 1.807) is 6.07 Å². The second-order valence-corrected chi connectivity index (χ2v) is 2.93. The SMILES string of the molecule is C.CC.CC.CCC.O=C([O-])C(F)(F)Oc1ccccc1.[CH3+]. The van der Waals surface area contributed by atoms with Crippen molar-refractivity contribution < 1.29 is 23.4 Å². The van der Waals surface area contributed by atoms with E-state index in [4.69, 9.17) is 0 Å². The van der Waals surface area contributed by atoms with Crippen LogP contribution in [0.25, 0.3) is 0 Å². The molecule has 1 aromatic carbocycles. The third-order valence-electron chi connectivity index (χ3n) is 1.23. The highest BCUT2D eigenvalue weighted by Gasteiger charge is 2.33. The molecule has 0 aromatic heterocycles. The van der Waals surface area contributed by atoms with Gasteiger partial charge in [0, 0.05) is 7.43 Å². The van der Waals surface area contributed by atoms with Gasteiger partial charge in [0.15, 0.2) is 5.97 Å². The molecule has 0 fully saturated rings. The van der Waals surface area contributed by atoms with Crippen LogP contribution in [0.1, 0.15) is 55.4 Å². The van der Waals surface area contributed by atoms with Gasteiger partial charge in [-0.3, -0.25) is 0 Å². The van der Waals surface area contributed by atoms with E-state index in [2.05, 4.69) is 18.6 Å². The predicted octanol–water partition coefficient (Wildman–Crippen LogP) is 4.96. The molecule has 0 N–H and O–H groups in total. The summed E-state index contributed by atoms with van der Waals surface area (Å²) in [5.74, 6) is -2.78. The zero-order valence-electron chi connectivity index (χ0n) is 14.1. The summed E-state index contributed by atoms with van der Waals surface area (Å²) in [7, 11) is 0. The molecule has 0 bridgehead atoms. The highest BCUT2D eigenvalue weighted by Crippen LogP contribution is 2.19. The maximum atomic E-state index is 12.3. The van der Waals surface area contributed by atoms with Gasteiger partial charge in [0.25, 0.3) is 0 Å². The average Bonchev–Trinajstić information content (AvgIpc) is 2.44. The van der Waals surface area contributed by atoms with Gasteiger partial charge in [-0.05, 0) is 12.1 Å². The largest absolute Gasteiger partial charge is 0.541 e. The van der Waals surface area contributed by atoms with Crippen molar-refractivity contribution in [2.24, 2.45) is 0 Å². The van der Waals surface area contributed by atoms with Crippen molar-refractivity contribution in [3.63, 3.8) is 0 Å². The summed E-state index contributed by atoms with van der Waals surface area (Å²) in [6.07, 6.45) is -3.04. The average molecular weight is 322 g/mol. The predicted molar refractivity (Wildman–Crippen MR) is 88.8 cm³/mol. The van der Waals surface area contributed by atoms with Crippen LogP contribution in [0.2, 0.25) is 0 Å². The Morgan fingerprint density at radius 3 is 1.68 bits per heavy atom. The van der Waals surface area contributed by atoms with E-state index in [0.29, 0.717) is 0 Å². The van der Waals surface area contributed by atoms with Gasteiger partial charge in [-0.25, -0.2) is 0 Å². The summed E-state index contributed by atoms with van der Waals surface area (Å²) in [5.41, 5.74) is 0. The standard InChI is InChI=1S/C8H6F2O3.C3H8.2C2H6.CH4.CH3/c9-8(10,7(11)12)13-6-4-2-1-3-5-6;1-3-2;2*1-2;;/h1-5H,(H,11,12);3H2,1-2H3;2*1-2H3;1H4;1H3/q;;;;;+1/p-1. The van der Waals surface area contributed by atoms with Crippen LogP contribution in [0.4, 0.5) is 8.78 Å². The number of ether oxygens (including phenoxy) is 1. The molecule has 0 radical (unpaired) electrons. The lowest BCUT2D eigenvalue weighted by Crippen LogP contribution is -2.45. The molecule has 0 saturated heterocycles. The number of carbonyl (C=O) groups excluding carboxylic acids is 1. The number of para-hydroxylation sites is 1. The number of benzene rings is 1. The quantitative estimate of drug-likeness (QED) is 0.739. The topological polar surface area (TPSA) is 49.4 Å². The van der Waals surface area contributed by atoms with Crippen LogP contribution in [0, 0.1) is 7.43 Å². The molecule has 0 spiro atoms. The first-order valence-electron chi connectivity index (χ1n) is 6.77. The van der Waals surface area contributed by atoms with Gasteiger partial charge in [0.1, 0.15) is 5.75 Å². The molecule has 0 heterocycles. The zero-order chi connectivity index (χ0) is 16.6. The first kappa shape index (κ1) is 32.2. The first-order valence-corrected chi connectivity index (χ1v) is 6.77. The Kier molecular flexibility index (Phi) is 31.5. The molecule has 0 unspecified atom stereocenters. The summed E-state index contributed by atoms with van der Waals surface area (Å²) < 4.78 is 28.6. The van der Waals surface area contributed by atoms with Gasteiger partial charge in [-0.15, -0.1) is 0 Å². The van der Waals surface area contributed by atoms with E-state index in [-0.39, 0.29) is 20.6 Å². The molecule has 0 aliphatic rings. The Morgan fingerprint density at radius 1 is 1.09 bits per heavy atom. The number of halogens is 2. The molecule has 5 heteroatoms. The molecule has 0 aliphatic carbocycles. The molecule has 0 saturated carbocycles. The maximum absolute atomic E-state index is 12.3. The van der Waals surface area contributed by atoms with E-state index in [0.717, 1.165) is 0 Å². The summed E-state index contributed by atoms with van der Waals surface area (Å²) in [5, 5.41) is 9.84. The molecule has 22 heavy (non-hydrogen) atoms. The third kappa shape index (κ3) is 18.2. The molecule has 1 aromatic rings. The van der Waals surface area contributed by atoms with Crippen LogP contribution in [-0.2, 0) is 4.79 Å². The first-order chi connectivity index (χ1) is 9.44. The van der Waals surface area contributed by atoms with Crippen molar-refractivity contribution in [3.05, 3.63) is 37.8 Å². The monoisotopic (exact) mass is 322 g/mol. The lowest BCUT2D eigenvalue weighted by Gasteiger charge is -2.17. The highest BCUT2D eigenvalue weighted by molar-refractivity contribution is 5.71. The van der Waals surface area contributed by atoms with Crippen molar-refractivity contribution in [3.8, 4) is 5.75 Å². The molecule has 3 nitrogen and oxygen atoms in total. The number of carboxylic acid groups (broad SMARTS) is 1. The zero-order valence-corrected chi connectivity index (χ0v) is 14.1. The highest BCUT2D eigenvalue weighted by atomic mass is 19.3. The number of hydrogen-bond acceptors (Lipinski definition) is 3. The van der Waals surface area contributed by atoms with E-state index in [1.165, 1.54) is 30.7 Å². The second kappa shape index (κ2) is 21.5. The smallest absolute Gasteiger partial charge is 0.441 e. The Hall–Kier alpha value is -1.78. The van der Waals surface area contributed by atoms with E-state index in [9.17, 15) is 18.7 Å². The van der Waals surface area contributed by atoms with Crippen LogP contribution in [-0.4, -0.2) is 12.1 Å². The van der Waals surface area contributed by atoms with Crippen molar-refractivity contribution in [1.29, 1.82) is 0 Å². The fourth-order valence-corrected chi connectivity index (χ4v) is 0.678. The van der Waals surface area contributed by atoms with Gasteiger partial charge in [0.2, 0.25) is 0 Å². The Balaban J connectivity index is -0.0000000935. The van der Waals surface area contributed by atoms with Gasteiger partial charge in [0.05, 0.1) is 0 Å². The van der Waals surface area contributed by atoms with Gasteiger partial charge < -0.3 is 14.6 Å². The molecule has 0 atom stereocenters. The van der Waals surface area contributed by atoms with Crippen molar-refractivity contribution in [2.45, 2.75) is 61.5 Å². The maximum Gasteiger partial charge on any atom is 0.441 e. The molecule has 1 rings (SSSR count). The molecule has 0 aliphatic heterocycles. The van der Waals surface area contributed by atoms with E-state index < -0.39 is 12.1 Å². The van der Waals surface area contributed by atoms with Crippen LogP contribution in [0.15, 0.2) is 30.3 Å². The number of rotatable bonds is 3. The van der Waals surface area contributed by atoms with Crippen LogP contribution in [0.3, 0.4) is 0 Å². The van der Waals surface area contributed by atoms with Crippen LogP contribution < -0.4 is 9.84 Å². The molecule has 132 valence electrons. The Labute approximate surface area is 135 Å². The number of hydrogen-bond donors (Lipinski definition) is 0. The molecular weight excluding hydrogens is 290 g/mol. The van der Waals surface area contributed by atoms with Gasteiger partial charge in [-0.1, -0.05) is 73.6 Å². The van der Waals surface area contributed by atoms with Crippen molar-refractivity contribution in [2.75, 3.05) is 0 Å². The van der Waals surface area contributed by atoms with Crippen LogP contribution >= 0.6 is 0 Å². The Morgan fingerprint density at radius 2 is 1.41 bits per heavy atom. The van der Waals surface area contributed by atoms with Crippen LogP contribution in [0.5, 0.6) is 5.75 Å². The summed E-state index contributed by atoms with van der Waals surface area (Å²) in [6, 6.07) is 6.92.